The first-order valence-electron chi connectivity index (χ1n) is 6.25. The topological polar surface area (TPSA) is 12.0 Å². The Labute approximate surface area is 118 Å². The largest absolute Gasteiger partial charge is 0.313 e. The summed E-state index contributed by atoms with van der Waals surface area (Å²) < 4.78 is 0.974. The quantitative estimate of drug-likeness (QED) is 0.761. The van der Waals surface area contributed by atoms with Crippen molar-refractivity contribution in [2.45, 2.75) is 39.2 Å². The zero-order valence-corrected chi connectivity index (χ0v) is 13.1. The smallest absolute Gasteiger partial charge is 0.0595 e. The first-order chi connectivity index (χ1) is 8.13. The highest BCUT2D eigenvalue weighted by Gasteiger charge is 2.17. The predicted molar refractivity (Wildman–Crippen MR) is 79.6 cm³/mol. The Balaban J connectivity index is 2.89. The lowest BCUT2D eigenvalue weighted by Crippen LogP contribution is -2.20. The van der Waals surface area contributed by atoms with E-state index >= 15 is 0 Å². The van der Waals surface area contributed by atoms with Crippen LogP contribution in [0.25, 0.3) is 0 Å². The van der Waals surface area contributed by atoms with Crippen LogP contribution >= 0.6 is 27.5 Å². The molecular formula is C14H21BrClN. The van der Waals surface area contributed by atoms with E-state index in [1.54, 1.807) is 0 Å². The molecule has 3 heteroatoms. The molecule has 0 spiro atoms. The van der Waals surface area contributed by atoms with Crippen LogP contribution in [0.15, 0.2) is 22.7 Å². The van der Waals surface area contributed by atoms with Crippen molar-refractivity contribution in [3.63, 3.8) is 0 Å². The molecule has 0 aliphatic rings. The minimum Gasteiger partial charge on any atom is -0.313 e. The van der Waals surface area contributed by atoms with Crippen molar-refractivity contribution in [2.75, 3.05) is 7.05 Å². The predicted octanol–water partition coefficient (Wildman–Crippen LogP) is 5.19. The maximum absolute atomic E-state index is 6.35. The third-order valence-corrected chi connectivity index (χ3v) is 4.74. The molecule has 0 aliphatic carbocycles. The lowest BCUT2D eigenvalue weighted by atomic mass is 9.91. The van der Waals surface area contributed by atoms with Gasteiger partial charge in [0.2, 0.25) is 0 Å². The summed E-state index contributed by atoms with van der Waals surface area (Å²) in [5, 5.41) is 4.21. The van der Waals surface area contributed by atoms with Crippen molar-refractivity contribution in [3.8, 4) is 0 Å². The standard InChI is InChI=1S/C14H21BrClN/c1-4-10(5-2)9-13(17-3)11-7-6-8-12(15)14(11)16/h6-8,10,13,17H,4-5,9H2,1-3H3. The van der Waals surface area contributed by atoms with Crippen LogP contribution in [0.3, 0.4) is 0 Å². The first kappa shape index (κ1) is 15.0. The number of hydrogen-bond acceptors (Lipinski definition) is 1. The van der Waals surface area contributed by atoms with Gasteiger partial charge in [0.1, 0.15) is 0 Å². The summed E-state index contributed by atoms with van der Waals surface area (Å²) in [6.45, 7) is 4.51. The van der Waals surface area contributed by atoms with Gasteiger partial charge >= 0.3 is 0 Å². The van der Waals surface area contributed by atoms with Crippen LogP contribution in [0, 0.1) is 5.92 Å². The minimum atomic E-state index is 0.338. The van der Waals surface area contributed by atoms with Gasteiger partial charge in [-0.2, -0.15) is 0 Å². The lowest BCUT2D eigenvalue weighted by molar-refractivity contribution is 0.385. The Bertz CT molecular complexity index is 350. The molecule has 0 aromatic heterocycles. The third-order valence-electron chi connectivity index (χ3n) is 3.43. The monoisotopic (exact) mass is 317 g/mol. The maximum Gasteiger partial charge on any atom is 0.0595 e. The molecule has 0 saturated heterocycles. The number of nitrogens with one attached hydrogen (secondary N) is 1. The fourth-order valence-corrected chi connectivity index (χ4v) is 2.78. The van der Waals surface area contributed by atoms with E-state index in [0.29, 0.717) is 6.04 Å². The second-order valence-corrected chi connectivity index (χ2v) is 5.63. The van der Waals surface area contributed by atoms with E-state index < -0.39 is 0 Å². The van der Waals surface area contributed by atoms with E-state index in [1.807, 2.05) is 19.2 Å². The fraction of sp³-hybridized carbons (Fsp3) is 0.571. The molecule has 1 N–H and O–H groups in total. The van der Waals surface area contributed by atoms with Crippen LogP contribution in [0.2, 0.25) is 5.02 Å². The molecule has 1 nitrogen and oxygen atoms in total. The van der Waals surface area contributed by atoms with Crippen LogP contribution in [0.1, 0.15) is 44.7 Å². The van der Waals surface area contributed by atoms with Gasteiger partial charge in [-0.05, 0) is 46.9 Å². The molecule has 0 radical (unpaired) electrons. The van der Waals surface area contributed by atoms with Gasteiger partial charge < -0.3 is 5.32 Å². The Morgan fingerprint density at radius 2 is 1.94 bits per heavy atom. The second-order valence-electron chi connectivity index (χ2n) is 4.40. The van der Waals surface area contributed by atoms with E-state index in [0.717, 1.165) is 21.8 Å². The highest BCUT2D eigenvalue weighted by Crippen LogP contribution is 2.33. The summed E-state index contributed by atoms with van der Waals surface area (Å²) in [7, 11) is 2.00. The van der Waals surface area contributed by atoms with Crippen molar-refractivity contribution < 1.29 is 0 Å². The van der Waals surface area contributed by atoms with E-state index in [4.69, 9.17) is 11.6 Å². The molecule has 0 amide bonds. The van der Waals surface area contributed by atoms with Gasteiger partial charge in [-0.15, -0.1) is 0 Å². The summed E-state index contributed by atoms with van der Waals surface area (Å²) >= 11 is 9.83. The summed E-state index contributed by atoms with van der Waals surface area (Å²) in [5.41, 5.74) is 1.19. The summed E-state index contributed by atoms with van der Waals surface area (Å²) in [6.07, 6.45) is 3.58. The summed E-state index contributed by atoms with van der Waals surface area (Å²) in [6, 6.07) is 6.47. The average molecular weight is 319 g/mol. The lowest BCUT2D eigenvalue weighted by Gasteiger charge is -2.23. The van der Waals surface area contributed by atoms with Gasteiger partial charge in [-0.25, -0.2) is 0 Å². The van der Waals surface area contributed by atoms with Crippen molar-refractivity contribution in [1.29, 1.82) is 0 Å². The zero-order chi connectivity index (χ0) is 12.8. The van der Waals surface area contributed by atoms with Gasteiger partial charge in [0.05, 0.1) is 5.02 Å². The summed E-state index contributed by atoms with van der Waals surface area (Å²) in [5.74, 6) is 0.752. The summed E-state index contributed by atoms with van der Waals surface area (Å²) in [4.78, 5) is 0. The minimum absolute atomic E-state index is 0.338. The second kappa shape index (κ2) is 7.40. The van der Waals surface area contributed by atoms with Crippen LogP contribution in [-0.2, 0) is 0 Å². The molecular weight excluding hydrogens is 298 g/mol. The number of halogens is 2. The fourth-order valence-electron chi connectivity index (χ4n) is 2.15. The maximum atomic E-state index is 6.35. The molecule has 1 aromatic carbocycles. The van der Waals surface area contributed by atoms with Gasteiger partial charge in [0.25, 0.3) is 0 Å². The van der Waals surface area contributed by atoms with Gasteiger partial charge in [-0.1, -0.05) is 50.4 Å². The molecule has 96 valence electrons. The van der Waals surface area contributed by atoms with Gasteiger partial charge in [0.15, 0.2) is 0 Å². The van der Waals surface area contributed by atoms with Gasteiger partial charge in [0, 0.05) is 10.5 Å². The molecule has 0 fully saturated rings. The highest BCUT2D eigenvalue weighted by atomic mass is 79.9. The van der Waals surface area contributed by atoms with Crippen LogP contribution < -0.4 is 5.32 Å². The molecule has 0 saturated carbocycles. The van der Waals surface area contributed by atoms with E-state index in [9.17, 15) is 0 Å². The third kappa shape index (κ3) is 3.97. The van der Waals surface area contributed by atoms with Crippen LogP contribution in [0.4, 0.5) is 0 Å². The van der Waals surface area contributed by atoms with E-state index in [1.165, 1.54) is 18.4 Å². The van der Waals surface area contributed by atoms with Crippen LogP contribution in [0.5, 0.6) is 0 Å². The van der Waals surface area contributed by atoms with Crippen molar-refractivity contribution >= 4 is 27.5 Å². The van der Waals surface area contributed by atoms with Gasteiger partial charge in [-0.3, -0.25) is 0 Å². The molecule has 0 aliphatic heterocycles. The first-order valence-corrected chi connectivity index (χ1v) is 7.42. The number of rotatable bonds is 6. The molecule has 1 unspecified atom stereocenters. The molecule has 1 rings (SSSR count). The average Bonchev–Trinajstić information content (AvgIpc) is 2.35. The molecule has 17 heavy (non-hydrogen) atoms. The van der Waals surface area contributed by atoms with Crippen molar-refractivity contribution in [2.24, 2.45) is 5.92 Å². The zero-order valence-electron chi connectivity index (χ0n) is 10.8. The Morgan fingerprint density at radius 1 is 1.29 bits per heavy atom. The van der Waals surface area contributed by atoms with Crippen molar-refractivity contribution in [1.82, 2.24) is 5.32 Å². The Kier molecular flexibility index (Phi) is 6.53. The normalized spacial score (nSPS) is 13.1. The molecule has 0 heterocycles. The Morgan fingerprint density at radius 3 is 2.47 bits per heavy atom. The number of hydrogen-bond donors (Lipinski definition) is 1. The molecule has 0 bridgehead atoms. The van der Waals surface area contributed by atoms with E-state index in [2.05, 4.69) is 41.2 Å². The van der Waals surface area contributed by atoms with Crippen LogP contribution in [-0.4, -0.2) is 7.05 Å². The Hall–Kier alpha value is -0.0500. The molecule has 1 aromatic rings. The SMILES string of the molecule is CCC(CC)CC(NC)c1cccc(Br)c1Cl. The van der Waals surface area contributed by atoms with E-state index in [-0.39, 0.29) is 0 Å². The molecule has 1 atom stereocenters. The van der Waals surface area contributed by atoms with Crippen molar-refractivity contribution in [3.05, 3.63) is 33.3 Å². The highest BCUT2D eigenvalue weighted by molar-refractivity contribution is 9.10. The number of benzene rings is 1.